The lowest BCUT2D eigenvalue weighted by atomic mass is 10.2. The Morgan fingerprint density at radius 3 is 2.17 bits per heavy atom. The molecule has 0 aliphatic heterocycles. The molecular formula is C21H18N4O4S. The molecule has 0 radical (unpaired) electrons. The van der Waals surface area contributed by atoms with E-state index in [1.54, 1.807) is 30.3 Å². The van der Waals surface area contributed by atoms with Crippen LogP contribution in [0.25, 0.3) is 11.0 Å². The Morgan fingerprint density at radius 1 is 0.833 bits per heavy atom. The first kappa shape index (κ1) is 19.5. The number of aryl methyl sites for hydroxylation is 1. The standard InChI is InChI=1S/C21H18N4O4S/c1-13-2-6-15(7-3-13)25-30(28,29)17-9-4-14(5-10-17)20(26)22-16-8-11-18-19(12-16)24-21(27)23-18/h2-12,25H,1H3,(H,22,26)(H2,23,24,27). The molecule has 1 aromatic heterocycles. The van der Waals surface area contributed by atoms with Gasteiger partial charge in [0.15, 0.2) is 0 Å². The summed E-state index contributed by atoms with van der Waals surface area (Å²) in [7, 11) is -3.77. The van der Waals surface area contributed by atoms with Crippen molar-refractivity contribution in [3.05, 3.63) is 88.3 Å². The van der Waals surface area contributed by atoms with Crippen LogP contribution in [0.5, 0.6) is 0 Å². The first-order chi connectivity index (χ1) is 14.3. The number of amides is 1. The second kappa shape index (κ2) is 7.53. The van der Waals surface area contributed by atoms with E-state index in [1.807, 2.05) is 19.1 Å². The Bertz CT molecular complexity index is 1390. The minimum absolute atomic E-state index is 0.0472. The maximum atomic E-state index is 12.5. The number of carbonyl (C=O) groups excluding carboxylic acids is 1. The van der Waals surface area contributed by atoms with Gasteiger partial charge >= 0.3 is 5.69 Å². The van der Waals surface area contributed by atoms with Crippen LogP contribution < -0.4 is 15.7 Å². The Morgan fingerprint density at radius 2 is 1.47 bits per heavy atom. The van der Waals surface area contributed by atoms with Gasteiger partial charge in [0.2, 0.25) is 0 Å². The van der Waals surface area contributed by atoms with Crippen molar-refractivity contribution in [2.75, 3.05) is 10.0 Å². The van der Waals surface area contributed by atoms with Crippen LogP contribution in [-0.4, -0.2) is 24.3 Å². The Kier molecular flexibility index (Phi) is 4.88. The Balaban J connectivity index is 1.49. The van der Waals surface area contributed by atoms with E-state index in [2.05, 4.69) is 20.0 Å². The van der Waals surface area contributed by atoms with Crippen molar-refractivity contribution in [2.45, 2.75) is 11.8 Å². The molecule has 8 nitrogen and oxygen atoms in total. The van der Waals surface area contributed by atoms with E-state index in [1.165, 1.54) is 24.3 Å². The quantitative estimate of drug-likeness (QED) is 0.394. The molecule has 4 N–H and O–H groups in total. The second-order valence-corrected chi connectivity index (χ2v) is 8.47. The third-order valence-corrected chi connectivity index (χ3v) is 5.90. The maximum absolute atomic E-state index is 12.5. The van der Waals surface area contributed by atoms with Crippen molar-refractivity contribution in [3.63, 3.8) is 0 Å². The molecular weight excluding hydrogens is 404 g/mol. The lowest BCUT2D eigenvalue weighted by Crippen LogP contribution is -2.14. The molecule has 0 fully saturated rings. The van der Waals surface area contributed by atoms with Gasteiger partial charge in [0.25, 0.3) is 15.9 Å². The molecule has 0 aliphatic rings. The molecule has 3 aromatic carbocycles. The number of rotatable bonds is 5. The molecule has 9 heteroatoms. The number of fused-ring (bicyclic) bond motifs is 1. The van der Waals surface area contributed by atoms with E-state index >= 15 is 0 Å². The lowest BCUT2D eigenvalue weighted by molar-refractivity contribution is 0.102. The number of imidazole rings is 1. The first-order valence-corrected chi connectivity index (χ1v) is 10.5. The number of anilines is 2. The van der Waals surface area contributed by atoms with Gasteiger partial charge in [0.05, 0.1) is 15.9 Å². The minimum atomic E-state index is -3.77. The zero-order valence-corrected chi connectivity index (χ0v) is 16.7. The van der Waals surface area contributed by atoms with Crippen molar-refractivity contribution < 1.29 is 13.2 Å². The fourth-order valence-corrected chi connectivity index (χ4v) is 3.99. The zero-order chi connectivity index (χ0) is 21.3. The summed E-state index contributed by atoms with van der Waals surface area (Å²) in [5, 5.41) is 2.72. The molecule has 0 saturated heterocycles. The number of hydrogen-bond donors (Lipinski definition) is 4. The summed E-state index contributed by atoms with van der Waals surface area (Å²) >= 11 is 0. The summed E-state index contributed by atoms with van der Waals surface area (Å²) in [6.45, 7) is 1.91. The predicted molar refractivity (Wildman–Crippen MR) is 115 cm³/mol. The third kappa shape index (κ3) is 4.11. The van der Waals surface area contributed by atoms with Crippen LogP contribution in [0.4, 0.5) is 11.4 Å². The van der Waals surface area contributed by atoms with Crippen molar-refractivity contribution in [3.8, 4) is 0 Å². The number of hydrogen-bond acceptors (Lipinski definition) is 4. The molecule has 0 saturated carbocycles. The van der Waals surface area contributed by atoms with Crippen molar-refractivity contribution >= 4 is 38.3 Å². The number of benzene rings is 3. The summed E-state index contributed by atoms with van der Waals surface area (Å²) in [4.78, 5) is 29.1. The number of carbonyl (C=O) groups is 1. The summed E-state index contributed by atoms with van der Waals surface area (Å²) in [6, 6.07) is 17.6. The van der Waals surface area contributed by atoms with E-state index in [9.17, 15) is 18.0 Å². The molecule has 0 aliphatic carbocycles. The molecule has 1 heterocycles. The maximum Gasteiger partial charge on any atom is 0.323 e. The number of nitrogens with one attached hydrogen (secondary N) is 4. The van der Waals surface area contributed by atoms with Gasteiger partial charge < -0.3 is 15.3 Å². The molecule has 30 heavy (non-hydrogen) atoms. The zero-order valence-electron chi connectivity index (χ0n) is 15.9. The topological polar surface area (TPSA) is 124 Å². The van der Waals surface area contributed by atoms with Gasteiger partial charge in [-0.25, -0.2) is 13.2 Å². The van der Waals surface area contributed by atoms with Crippen molar-refractivity contribution in [1.82, 2.24) is 9.97 Å². The van der Waals surface area contributed by atoms with Gasteiger partial charge in [0.1, 0.15) is 0 Å². The molecule has 4 aromatic rings. The van der Waals surface area contributed by atoms with Crippen molar-refractivity contribution in [1.29, 1.82) is 0 Å². The SMILES string of the molecule is Cc1ccc(NS(=O)(=O)c2ccc(C(=O)Nc3ccc4[nH]c(=O)[nH]c4c3)cc2)cc1. The van der Waals surface area contributed by atoms with Crippen LogP contribution in [0.1, 0.15) is 15.9 Å². The molecule has 4 rings (SSSR count). The van der Waals surface area contributed by atoms with Crippen LogP contribution in [0.2, 0.25) is 0 Å². The fraction of sp³-hybridized carbons (Fsp3) is 0.0476. The first-order valence-electron chi connectivity index (χ1n) is 9.03. The van der Waals surface area contributed by atoms with Crippen LogP contribution in [0.15, 0.2) is 76.4 Å². The number of aromatic amines is 2. The molecule has 0 unspecified atom stereocenters. The Labute approximate surface area is 172 Å². The van der Waals surface area contributed by atoms with E-state index in [4.69, 9.17) is 0 Å². The minimum Gasteiger partial charge on any atom is -0.322 e. The third-order valence-electron chi connectivity index (χ3n) is 4.50. The summed E-state index contributed by atoms with van der Waals surface area (Å²) < 4.78 is 27.6. The van der Waals surface area contributed by atoms with E-state index < -0.39 is 15.9 Å². The largest absolute Gasteiger partial charge is 0.323 e. The average Bonchev–Trinajstić information content (AvgIpc) is 3.09. The smallest absolute Gasteiger partial charge is 0.322 e. The van der Waals surface area contributed by atoms with E-state index in [-0.39, 0.29) is 10.6 Å². The van der Waals surface area contributed by atoms with Crippen molar-refractivity contribution in [2.24, 2.45) is 0 Å². The molecule has 1 amide bonds. The lowest BCUT2D eigenvalue weighted by Gasteiger charge is -2.09. The fourth-order valence-electron chi connectivity index (χ4n) is 2.93. The highest BCUT2D eigenvalue weighted by Crippen LogP contribution is 2.19. The average molecular weight is 422 g/mol. The highest BCUT2D eigenvalue weighted by molar-refractivity contribution is 7.92. The van der Waals surface area contributed by atoms with Gasteiger partial charge in [-0.2, -0.15) is 0 Å². The summed E-state index contributed by atoms with van der Waals surface area (Å²) in [6.07, 6.45) is 0. The van der Waals surface area contributed by atoms with Crippen LogP contribution in [0.3, 0.4) is 0 Å². The second-order valence-electron chi connectivity index (χ2n) is 6.79. The predicted octanol–water partition coefficient (Wildman–Crippen LogP) is 3.22. The summed E-state index contributed by atoms with van der Waals surface area (Å²) in [5.74, 6) is -0.400. The van der Waals surface area contributed by atoms with E-state index in [0.717, 1.165) is 5.56 Å². The number of sulfonamides is 1. The highest BCUT2D eigenvalue weighted by Gasteiger charge is 2.15. The number of H-pyrrole nitrogens is 2. The van der Waals surface area contributed by atoms with E-state index in [0.29, 0.717) is 28.0 Å². The van der Waals surface area contributed by atoms with Crippen LogP contribution in [0, 0.1) is 6.92 Å². The molecule has 0 spiro atoms. The molecule has 0 atom stereocenters. The van der Waals surface area contributed by atoms with Gasteiger partial charge in [-0.3, -0.25) is 9.52 Å². The summed E-state index contributed by atoms with van der Waals surface area (Å²) in [5.41, 5.74) is 3.16. The Hall–Kier alpha value is -3.85. The number of aromatic nitrogens is 2. The normalized spacial score (nSPS) is 11.4. The molecule has 0 bridgehead atoms. The van der Waals surface area contributed by atoms with Gasteiger partial charge in [-0.15, -0.1) is 0 Å². The van der Waals surface area contributed by atoms with Gasteiger partial charge in [0, 0.05) is 16.9 Å². The van der Waals surface area contributed by atoms with Gasteiger partial charge in [-0.1, -0.05) is 17.7 Å². The highest BCUT2D eigenvalue weighted by atomic mass is 32.2. The monoisotopic (exact) mass is 422 g/mol. The van der Waals surface area contributed by atoms with Crippen LogP contribution in [-0.2, 0) is 10.0 Å². The van der Waals surface area contributed by atoms with Crippen LogP contribution >= 0.6 is 0 Å². The van der Waals surface area contributed by atoms with Gasteiger partial charge in [-0.05, 0) is 61.5 Å². The molecule has 152 valence electrons.